The van der Waals surface area contributed by atoms with E-state index in [9.17, 15) is 5.11 Å². The minimum absolute atomic E-state index is 0.144. The van der Waals surface area contributed by atoms with Crippen LogP contribution >= 0.6 is 11.8 Å². The molecule has 34 heavy (non-hydrogen) atoms. The highest BCUT2D eigenvalue weighted by Gasteiger charge is 2.46. The van der Waals surface area contributed by atoms with Crippen molar-refractivity contribution in [3.63, 3.8) is 0 Å². The number of aromatic nitrogens is 1. The summed E-state index contributed by atoms with van der Waals surface area (Å²) in [5.41, 5.74) is 2.41. The molecule has 0 radical (unpaired) electrons. The Kier molecular flexibility index (Phi) is 5.63. The Labute approximate surface area is 202 Å². The van der Waals surface area contributed by atoms with Gasteiger partial charge in [-0.15, -0.1) is 0 Å². The molecule has 176 valence electrons. The first-order chi connectivity index (χ1) is 16.2. The fourth-order valence-corrected chi connectivity index (χ4v) is 5.24. The topological polar surface area (TPSA) is 51.3 Å². The number of halogens is 3. The Bertz CT molecular complexity index is 1370. The van der Waals surface area contributed by atoms with E-state index in [4.69, 9.17) is 11.8 Å². The van der Waals surface area contributed by atoms with E-state index >= 15 is 8.78 Å². The summed E-state index contributed by atoms with van der Waals surface area (Å²) in [6.07, 6.45) is 0.761. The van der Waals surface area contributed by atoms with E-state index in [1.54, 1.807) is 26.0 Å². The molecule has 1 aliphatic heterocycles. The molecular weight excluding hydrogens is 456 g/mol. The number of benzene rings is 3. The van der Waals surface area contributed by atoms with Gasteiger partial charge in [0, 0.05) is 34.9 Å². The Morgan fingerprint density at radius 1 is 1.09 bits per heavy atom. The molecule has 1 aromatic heterocycles. The van der Waals surface area contributed by atoms with E-state index in [1.165, 1.54) is 10.5 Å². The average molecular weight is 482 g/mol. The summed E-state index contributed by atoms with van der Waals surface area (Å²) in [6.45, 7) is 5.78. The summed E-state index contributed by atoms with van der Waals surface area (Å²) < 4.78 is 33.2. The van der Waals surface area contributed by atoms with Crippen LogP contribution in [0.5, 0.6) is 0 Å². The Balaban J connectivity index is 1.70. The van der Waals surface area contributed by atoms with Crippen molar-refractivity contribution < 1.29 is 13.9 Å². The number of aliphatic hydroxyl groups is 1. The van der Waals surface area contributed by atoms with Crippen LogP contribution in [0.1, 0.15) is 36.6 Å². The molecule has 4 aromatic rings. The Morgan fingerprint density at radius 2 is 1.82 bits per heavy atom. The standard InChI is InChI=1S/C27H26ClF2N3O/c1-15-13-31-24-17(15)10-7-11-18(24)21-19(29)12-20-22(23(21)30)25(26(34)27(2,3)32-20)33(28)14-16-8-5-4-6-9-16/h4-13,25-26,31-32,34H,14H2,1-3H3/t25-,26+/m1/s1. The molecule has 0 amide bonds. The molecule has 4 nitrogen and oxygen atoms in total. The number of rotatable bonds is 4. The zero-order valence-electron chi connectivity index (χ0n) is 19.2. The van der Waals surface area contributed by atoms with E-state index in [2.05, 4.69) is 10.3 Å². The zero-order chi connectivity index (χ0) is 24.2. The molecular formula is C27H26ClF2N3O. The van der Waals surface area contributed by atoms with Crippen molar-refractivity contribution in [2.45, 2.75) is 45.0 Å². The largest absolute Gasteiger partial charge is 0.389 e. The van der Waals surface area contributed by atoms with Gasteiger partial charge in [-0.2, -0.15) is 0 Å². The van der Waals surface area contributed by atoms with Gasteiger partial charge in [0.1, 0.15) is 11.6 Å². The van der Waals surface area contributed by atoms with Crippen molar-refractivity contribution in [2.24, 2.45) is 0 Å². The number of aliphatic hydroxyl groups excluding tert-OH is 1. The predicted octanol–water partition coefficient (Wildman–Crippen LogP) is 6.68. The van der Waals surface area contributed by atoms with Crippen LogP contribution in [0.4, 0.5) is 14.5 Å². The normalized spacial score (nSPS) is 19.3. The van der Waals surface area contributed by atoms with Crippen LogP contribution in [-0.4, -0.2) is 26.2 Å². The first-order valence-corrected chi connectivity index (χ1v) is 11.5. The van der Waals surface area contributed by atoms with Gasteiger partial charge < -0.3 is 15.4 Å². The van der Waals surface area contributed by atoms with Crippen LogP contribution < -0.4 is 5.32 Å². The second kappa shape index (κ2) is 8.38. The number of anilines is 1. The molecule has 0 saturated carbocycles. The molecule has 3 N–H and O–H groups in total. The maximum absolute atomic E-state index is 16.3. The third kappa shape index (κ3) is 3.66. The number of aryl methyl sites for hydroxylation is 1. The second-order valence-corrected chi connectivity index (χ2v) is 9.92. The van der Waals surface area contributed by atoms with Crippen molar-refractivity contribution in [1.82, 2.24) is 9.40 Å². The Morgan fingerprint density at radius 3 is 2.56 bits per heavy atom. The maximum Gasteiger partial charge on any atom is 0.141 e. The number of aromatic amines is 1. The number of nitrogens with zero attached hydrogens (tertiary/aromatic N) is 1. The summed E-state index contributed by atoms with van der Waals surface area (Å²) in [7, 11) is 0. The van der Waals surface area contributed by atoms with Crippen LogP contribution in [0.15, 0.2) is 60.8 Å². The Hall–Kier alpha value is -2.93. The van der Waals surface area contributed by atoms with Crippen LogP contribution in [0, 0.1) is 18.6 Å². The lowest BCUT2D eigenvalue weighted by molar-refractivity contribution is 0.0357. The van der Waals surface area contributed by atoms with Crippen LogP contribution in [0.25, 0.3) is 22.0 Å². The van der Waals surface area contributed by atoms with Crippen molar-refractivity contribution in [3.05, 3.63) is 89.1 Å². The fraction of sp³-hybridized carbons (Fsp3) is 0.259. The van der Waals surface area contributed by atoms with Gasteiger partial charge in [-0.3, -0.25) is 0 Å². The van der Waals surface area contributed by atoms with Crippen molar-refractivity contribution >= 4 is 28.4 Å². The lowest BCUT2D eigenvalue weighted by Gasteiger charge is -2.45. The average Bonchev–Trinajstić information content (AvgIpc) is 3.17. The second-order valence-electron chi connectivity index (χ2n) is 9.49. The number of nitrogens with one attached hydrogen (secondary N) is 2. The maximum atomic E-state index is 16.3. The highest BCUT2D eigenvalue weighted by molar-refractivity contribution is 6.13. The summed E-state index contributed by atoms with van der Waals surface area (Å²) in [5.74, 6) is -1.42. The molecule has 0 unspecified atom stereocenters. The lowest BCUT2D eigenvalue weighted by atomic mass is 9.80. The summed E-state index contributed by atoms with van der Waals surface area (Å²) in [5, 5.41) is 15.3. The molecule has 0 aliphatic carbocycles. The van der Waals surface area contributed by atoms with Gasteiger partial charge in [-0.05, 0) is 49.7 Å². The number of hydrogen-bond donors (Lipinski definition) is 3. The molecule has 3 aromatic carbocycles. The van der Waals surface area contributed by atoms with Crippen LogP contribution in [0.2, 0.25) is 0 Å². The monoisotopic (exact) mass is 481 g/mol. The first kappa shape index (κ1) is 22.8. The van der Waals surface area contributed by atoms with Gasteiger partial charge in [0.2, 0.25) is 0 Å². The van der Waals surface area contributed by atoms with Gasteiger partial charge >= 0.3 is 0 Å². The van der Waals surface area contributed by atoms with Crippen molar-refractivity contribution in [2.75, 3.05) is 5.32 Å². The molecule has 2 heterocycles. The van der Waals surface area contributed by atoms with Gasteiger partial charge in [0.05, 0.1) is 28.8 Å². The van der Waals surface area contributed by atoms with Gasteiger partial charge in [-0.25, -0.2) is 13.2 Å². The molecule has 0 bridgehead atoms. The smallest absolute Gasteiger partial charge is 0.141 e. The molecule has 0 spiro atoms. The van der Waals surface area contributed by atoms with E-state index in [0.29, 0.717) is 11.1 Å². The zero-order valence-corrected chi connectivity index (χ0v) is 19.9. The summed E-state index contributed by atoms with van der Waals surface area (Å²) in [4.78, 5) is 3.14. The summed E-state index contributed by atoms with van der Waals surface area (Å²) in [6, 6.07) is 15.3. The first-order valence-electron chi connectivity index (χ1n) is 11.2. The molecule has 0 saturated heterocycles. The predicted molar refractivity (Wildman–Crippen MR) is 133 cm³/mol. The van der Waals surface area contributed by atoms with Crippen molar-refractivity contribution in [1.29, 1.82) is 0 Å². The van der Waals surface area contributed by atoms with Gasteiger partial charge in [0.25, 0.3) is 0 Å². The quantitative estimate of drug-likeness (QED) is 0.285. The highest BCUT2D eigenvalue weighted by Crippen LogP contribution is 2.47. The number of H-pyrrole nitrogens is 1. The van der Waals surface area contributed by atoms with Crippen molar-refractivity contribution in [3.8, 4) is 11.1 Å². The molecule has 1 aliphatic rings. The third-order valence-electron chi connectivity index (χ3n) is 6.72. The van der Waals surface area contributed by atoms with Gasteiger partial charge in [0.15, 0.2) is 0 Å². The van der Waals surface area contributed by atoms with Crippen LogP contribution in [0.3, 0.4) is 0 Å². The number of hydrogen-bond acceptors (Lipinski definition) is 3. The molecule has 7 heteroatoms. The van der Waals surface area contributed by atoms with E-state index < -0.39 is 29.3 Å². The minimum Gasteiger partial charge on any atom is -0.389 e. The third-order valence-corrected chi connectivity index (χ3v) is 7.05. The highest BCUT2D eigenvalue weighted by atomic mass is 35.5. The van der Waals surface area contributed by atoms with E-state index in [1.807, 2.05) is 49.5 Å². The SMILES string of the molecule is Cc1c[nH]c2c(-c3c(F)cc4c(c3F)[C@@H](N(Cl)Cc3ccccc3)[C@H](O)C(C)(C)N4)cccc12. The fourth-order valence-electron chi connectivity index (χ4n) is 4.90. The minimum atomic E-state index is -1.06. The molecule has 5 rings (SSSR count). The van der Waals surface area contributed by atoms with E-state index in [-0.39, 0.29) is 23.4 Å². The number of fused-ring (bicyclic) bond motifs is 2. The lowest BCUT2D eigenvalue weighted by Crippen LogP contribution is -2.53. The number of para-hydroxylation sites is 1. The molecule has 0 fully saturated rings. The molecule has 2 atom stereocenters. The van der Waals surface area contributed by atoms with E-state index in [0.717, 1.165) is 16.5 Å². The van der Waals surface area contributed by atoms with Crippen LogP contribution in [-0.2, 0) is 6.54 Å². The van der Waals surface area contributed by atoms with Gasteiger partial charge in [-0.1, -0.05) is 48.5 Å². The summed E-state index contributed by atoms with van der Waals surface area (Å²) >= 11 is 6.73.